The second kappa shape index (κ2) is 12.6. The predicted molar refractivity (Wildman–Crippen MR) is 147 cm³/mol. The Morgan fingerprint density at radius 3 is 1.56 bits per heavy atom. The zero-order chi connectivity index (χ0) is 27.2. The lowest BCUT2D eigenvalue weighted by Gasteiger charge is -2.48. The van der Waals surface area contributed by atoms with E-state index in [1.807, 2.05) is 0 Å². The second-order valence-electron chi connectivity index (χ2n) is 14.8. The maximum Gasteiger partial charge on any atom is 0.0821 e. The molecule has 0 N–H and O–H groups in total. The normalized spacial score (nSPS) is 16.6. The fourth-order valence-corrected chi connectivity index (χ4v) is 4.14. The van der Waals surface area contributed by atoms with Gasteiger partial charge in [-0.15, -0.1) is 11.6 Å². The molecule has 0 aliphatic rings. The molecule has 34 heavy (non-hydrogen) atoms. The minimum absolute atomic E-state index is 0.0309. The molecule has 0 rings (SSSR count). The Morgan fingerprint density at radius 1 is 0.647 bits per heavy atom. The minimum atomic E-state index is -0.424. The number of rotatable bonds is 14. The van der Waals surface area contributed by atoms with Gasteiger partial charge in [-0.1, -0.05) is 34.6 Å². The van der Waals surface area contributed by atoms with Crippen molar-refractivity contribution in [3.8, 4) is 0 Å². The molecule has 0 fully saturated rings. The molecule has 2 unspecified atom stereocenters. The fourth-order valence-electron chi connectivity index (χ4n) is 3.67. The second-order valence-corrected chi connectivity index (χ2v) is 15.1. The van der Waals surface area contributed by atoms with Crippen LogP contribution in [-0.2, 0) is 18.9 Å². The zero-order valence-corrected chi connectivity index (χ0v) is 26.2. The van der Waals surface area contributed by atoms with Crippen LogP contribution in [0.2, 0.25) is 0 Å². The molecule has 0 spiro atoms. The molecule has 0 saturated carbocycles. The van der Waals surface area contributed by atoms with Crippen molar-refractivity contribution in [3.05, 3.63) is 0 Å². The topological polar surface area (TPSA) is 36.9 Å². The van der Waals surface area contributed by atoms with Crippen molar-refractivity contribution in [1.29, 1.82) is 0 Å². The Kier molecular flexibility index (Phi) is 12.6. The van der Waals surface area contributed by atoms with Gasteiger partial charge < -0.3 is 18.9 Å². The summed E-state index contributed by atoms with van der Waals surface area (Å²) in [6, 6.07) is 0. The molecule has 206 valence electrons. The number of hydrogen-bond donors (Lipinski definition) is 0. The van der Waals surface area contributed by atoms with Crippen molar-refractivity contribution >= 4 is 11.6 Å². The van der Waals surface area contributed by atoms with Gasteiger partial charge in [0.2, 0.25) is 0 Å². The molecule has 0 saturated heterocycles. The van der Waals surface area contributed by atoms with Crippen molar-refractivity contribution in [2.24, 2.45) is 16.7 Å². The van der Waals surface area contributed by atoms with E-state index in [0.717, 1.165) is 12.8 Å². The van der Waals surface area contributed by atoms with E-state index in [2.05, 4.69) is 104 Å². The van der Waals surface area contributed by atoms with Crippen LogP contribution in [0.25, 0.3) is 0 Å². The summed E-state index contributed by atoms with van der Waals surface area (Å²) in [6.07, 6.45) is 1.71. The average Bonchev–Trinajstić information content (AvgIpc) is 2.56. The van der Waals surface area contributed by atoms with Gasteiger partial charge in [0.1, 0.15) is 0 Å². The molecule has 0 aliphatic heterocycles. The van der Waals surface area contributed by atoms with Crippen LogP contribution in [0.5, 0.6) is 0 Å². The van der Waals surface area contributed by atoms with Gasteiger partial charge in [0, 0.05) is 18.4 Å². The molecule has 0 aromatic rings. The Balaban J connectivity index is 5.43. The molecule has 0 heterocycles. The molecule has 4 nitrogen and oxygen atoms in total. The van der Waals surface area contributed by atoms with Crippen molar-refractivity contribution in [2.45, 2.75) is 145 Å². The Morgan fingerprint density at radius 2 is 1.15 bits per heavy atom. The first-order chi connectivity index (χ1) is 14.9. The summed E-state index contributed by atoms with van der Waals surface area (Å²) in [4.78, 5) is 0. The molecule has 0 aliphatic carbocycles. The first-order valence-corrected chi connectivity index (χ1v) is 13.6. The molecule has 0 aromatic carbocycles. The van der Waals surface area contributed by atoms with Gasteiger partial charge in [0.25, 0.3) is 0 Å². The molecule has 2 atom stereocenters. The van der Waals surface area contributed by atoms with E-state index >= 15 is 0 Å². The summed E-state index contributed by atoms with van der Waals surface area (Å²) in [5.74, 6) is 0.683. The van der Waals surface area contributed by atoms with Crippen LogP contribution in [0.1, 0.15) is 117 Å². The van der Waals surface area contributed by atoms with E-state index in [-0.39, 0.29) is 39.7 Å². The summed E-state index contributed by atoms with van der Waals surface area (Å²) >= 11 is 6.46. The lowest BCUT2D eigenvalue weighted by Crippen LogP contribution is -2.52. The van der Waals surface area contributed by atoms with E-state index in [0.29, 0.717) is 25.7 Å². The Hall–Kier alpha value is 0.130. The van der Waals surface area contributed by atoms with Gasteiger partial charge in [-0.05, 0) is 92.9 Å². The monoisotopic (exact) mass is 506 g/mol. The third kappa shape index (κ3) is 14.0. The number of hydrogen-bond acceptors (Lipinski definition) is 4. The van der Waals surface area contributed by atoms with Crippen LogP contribution in [0, 0.1) is 16.7 Å². The average molecular weight is 507 g/mol. The van der Waals surface area contributed by atoms with Crippen LogP contribution < -0.4 is 0 Å². The van der Waals surface area contributed by atoms with E-state index in [9.17, 15) is 0 Å². The molecular formula is C29H59ClO4. The van der Waals surface area contributed by atoms with E-state index in [4.69, 9.17) is 30.5 Å². The maximum absolute atomic E-state index is 6.88. The third-order valence-corrected chi connectivity index (χ3v) is 7.05. The number of ether oxygens (including phenoxy) is 4. The predicted octanol–water partition coefficient (Wildman–Crippen LogP) is 8.28. The fraction of sp³-hybridized carbons (Fsp3) is 1.00. The van der Waals surface area contributed by atoms with Crippen molar-refractivity contribution in [2.75, 3.05) is 25.7 Å². The minimum Gasteiger partial charge on any atom is -0.376 e. The highest BCUT2D eigenvalue weighted by molar-refractivity contribution is 6.18. The largest absolute Gasteiger partial charge is 0.376 e. The van der Waals surface area contributed by atoms with Crippen LogP contribution in [0.4, 0.5) is 0 Å². The van der Waals surface area contributed by atoms with Crippen LogP contribution in [0.15, 0.2) is 0 Å². The quantitative estimate of drug-likeness (QED) is 0.222. The molecular weight excluding hydrogens is 448 g/mol. The molecule has 0 amide bonds. The lowest BCUT2D eigenvalue weighted by atomic mass is 9.68. The standard InChI is InChI=1S/C29H59ClO4/c1-24(2,3)18-23(21-33-27(10,11)16-17-31-25(4,5)6)34-29(14,15)28(12,13)22(19-30)20-32-26(7,8)9/h22-23H,16-21H2,1-15H3. The van der Waals surface area contributed by atoms with Crippen LogP contribution in [-0.4, -0.2) is 54.2 Å². The Labute approximate surface area is 218 Å². The SMILES string of the molecule is CC(C)(C)CC(COC(C)(C)CCOC(C)(C)C)OC(C)(C)C(C)(C)C(CCl)COC(C)(C)C. The van der Waals surface area contributed by atoms with Gasteiger partial charge in [-0.2, -0.15) is 0 Å². The van der Waals surface area contributed by atoms with Gasteiger partial charge in [0.05, 0.1) is 41.7 Å². The summed E-state index contributed by atoms with van der Waals surface area (Å²) in [7, 11) is 0. The van der Waals surface area contributed by atoms with Crippen molar-refractivity contribution < 1.29 is 18.9 Å². The van der Waals surface area contributed by atoms with Gasteiger partial charge in [-0.25, -0.2) is 0 Å². The maximum atomic E-state index is 6.88. The highest BCUT2D eigenvalue weighted by atomic mass is 35.5. The third-order valence-electron chi connectivity index (χ3n) is 6.68. The number of alkyl halides is 1. The van der Waals surface area contributed by atoms with E-state index in [1.165, 1.54) is 0 Å². The molecule has 0 aromatic heterocycles. The van der Waals surface area contributed by atoms with Crippen LogP contribution in [0.3, 0.4) is 0 Å². The first-order valence-electron chi connectivity index (χ1n) is 13.1. The van der Waals surface area contributed by atoms with E-state index in [1.54, 1.807) is 0 Å². The summed E-state index contributed by atoms with van der Waals surface area (Å²) in [6.45, 7) is 34.2. The van der Waals surface area contributed by atoms with E-state index < -0.39 is 5.60 Å². The first kappa shape index (κ1) is 34.1. The summed E-state index contributed by atoms with van der Waals surface area (Å²) < 4.78 is 25.4. The summed E-state index contributed by atoms with van der Waals surface area (Å²) in [5, 5.41) is 0. The lowest BCUT2D eigenvalue weighted by molar-refractivity contribution is -0.194. The van der Waals surface area contributed by atoms with Crippen molar-refractivity contribution in [3.63, 3.8) is 0 Å². The van der Waals surface area contributed by atoms with Gasteiger partial charge >= 0.3 is 0 Å². The van der Waals surface area contributed by atoms with Crippen molar-refractivity contribution in [1.82, 2.24) is 0 Å². The highest BCUT2D eigenvalue weighted by Gasteiger charge is 2.46. The highest BCUT2D eigenvalue weighted by Crippen LogP contribution is 2.43. The molecule has 0 radical (unpaired) electrons. The van der Waals surface area contributed by atoms with Gasteiger partial charge in [0.15, 0.2) is 0 Å². The smallest absolute Gasteiger partial charge is 0.0821 e. The number of halogens is 1. The van der Waals surface area contributed by atoms with Gasteiger partial charge in [-0.3, -0.25) is 0 Å². The Bertz CT molecular complexity index is 576. The van der Waals surface area contributed by atoms with Crippen LogP contribution >= 0.6 is 11.6 Å². The zero-order valence-electron chi connectivity index (χ0n) is 25.4. The molecule has 0 bridgehead atoms. The molecule has 5 heteroatoms. The summed E-state index contributed by atoms with van der Waals surface area (Å²) in [5.41, 5.74) is -1.13.